The van der Waals surface area contributed by atoms with E-state index >= 15 is 0 Å². The van der Waals surface area contributed by atoms with E-state index in [1.54, 1.807) is 13.8 Å². The third kappa shape index (κ3) is 0.922. The Hall–Kier alpha value is -1.58. The Labute approximate surface area is 69.9 Å². The van der Waals surface area contributed by atoms with E-state index in [9.17, 15) is 10.2 Å². The molecule has 4 nitrogen and oxygen atoms in total. The predicted octanol–water partition coefficient (Wildman–Crippen LogP) is 1.00. The lowest BCUT2D eigenvalue weighted by Crippen LogP contribution is -1.92. The summed E-state index contributed by atoms with van der Waals surface area (Å²) in [6.45, 7) is 3.20. The van der Waals surface area contributed by atoms with E-state index in [4.69, 9.17) is 10.8 Å². The zero-order chi connectivity index (χ0) is 9.46. The highest BCUT2D eigenvalue weighted by molar-refractivity contribution is 5.72. The quantitative estimate of drug-likeness (QED) is 0.265. The van der Waals surface area contributed by atoms with Crippen LogP contribution in [0.25, 0.3) is 0 Å². The van der Waals surface area contributed by atoms with E-state index in [0.717, 1.165) is 0 Å². The number of aromatic hydroxyl groups is 3. The molecule has 0 saturated carbocycles. The van der Waals surface area contributed by atoms with Gasteiger partial charge in [-0.2, -0.15) is 0 Å². The van der Waals surface area contributed by atoms with Gasteiger partial charge >= 0.3 is 0 Å². The molecule has 1 aromatic rings. The first-order valence-electron chi connectivity index (χ1n) is 3.46. The van der Waals surface area contributed by atoms with Gasteiger partial charge in [0.1, 0.15) is 11.4 Å². The summed E-state index contributed by atoms with van der Waals surface area (Å²) in [5.41, 5.74) is 6.01. The molecule has 0 radical (unpaired) electrons. The molecule has 0 unspecified atom stereocenters. The first-order chi connectivity index (χ1) is 5.46. The number of anilines is 1. The van der Waals surface area contributed by atoms with Gasteiger partial charge in [-0.1, -0.05) is 0 Å². The molecule has 4 heteroatoms. The molecule has 0 aliphatic carbocycles. The molecule has 12 heavy (non-hydrogen) atoms. The Bertz CT molecular complexity index is 229. The van der Waals surface area contributed by atoms with Gasteiger partial charge in [0.2, 0.25) is 0 Å². The van der Waals surface area contributed by atoms with E-state index < -0.39 is 5.75 Å². The standard InChI is InChI=1S/C8H11NO3/c1-3-4(2)7(11)8(12)5(9)6(3)10/h10-12H,9H2,1-2H3. The smallest absolute Gasteiger partial charge is 0.185 e. The minimum absolute atomic E-state index is 0.178. The van der Waals surface area contributed by atoms with Crippen LogP contribution in [0, 0.1) is 13.8 Å². The summed E-state index contributed by atoms with van der Waals surface area (Å²) in [5, 5.41) is 27.7. The van der Waals surface area contributed by atoms with Crippen molar-refractivity contribution < 1.29 is 15.3 Å². The highest BCUT2D eigenvalue weighted by atomic mass is 16.3. The minimum atomic E-state index is -0.462. The molecule has 0 saturated heterocycles. The van der Waals surface area contributed by atoms with Crippen molar-refractivity contribution in [2.45, 2.75) is 13.8 Å². The molecule has 0 bridgehead atoms. The van der Waals surface area contributed by atoms with Crippen molar-refractivity contribution >= 4 is 5.69 Å². The third-order valence-corrected chi connectivity index (χ3v) is 2.01. The first-order valence-corrected chi connectivity index (χ1v) is 3.46. The third-order valence-electron chi connectivity index (χ3n) is 2.01. The fourth-order valence-electron chi connectivity index (χ4n) is 0.975. The van der Waals surface area contributed by atoms with Crippen LogP contribution in [-0.4, -0.2) is 15.3 Å². The monoisotopic (exact) mass is 169 g/mol. The summed E-state index contributed by atoms with van der Waals surface area (Å²) in [4.78, 5) is 0. The number of benzene rings is 1. The molecular formula is C8H11NO3. The van der Waals surface area contributed by atoms with Crippen molar-refractivity contribution in [3.05, 3.63) is 11.1 Å². The lowest BCUT2D eigenvalue weighted by Gasteiger charge is -2.10. The average Bonchev–Trinajstić information content (AvgIpc) is 2.08. The van der Waals surface area contributed by atoms with E-state index in [1.807, 2.05) is 0 Å². The SMILES string of the molecule is Cc1c(C)c(O)c(O)c(N)c1O. The second-order valence-corrected chi connectivity index (χ2v) is 2.71. The van der Waals surface area contributed by atoms with Crippen LogP contribution < -0.4 is 5.73 Å². The number of nitrogens with two attached hydrogens (primary N) is 1. The summed E-state index contributed by atoms with van der Waals surface area (Å²) in [7, 11) is 0. The molecule has 0 heterocycles. The number of hydrogen-bond acceptors (Lipinski definition) is 4. The van der Waals surface area contributed by atoms with Crippen molar-refractivity contribution in [2.75, 3.05) is 5.73 Å². The Balaban J connectivity index is 3.60. The maximum Gasteiger partial charge on any atom is 0.185 e. The van der Waals surface area contributed by atoms with E-state index in [2.05, 4.69) is 0 Å². The molecular weight excluding hydrogens is 158 g/mol. The van der Waals surface area contributed by atoms with Crippen molar-refractivity contribution in [2.24, 2.45) is 0 Å². The van der Waals surface area contributed by atoms with Gasteiger partial charge in [-0.05, 0) is 19.4 Å². The summed E-state index contributed by atoms with van der Waals surface area (Å²) in [6.07, 6.45) is 0. The number of phenolic OH excluding ortho intramolecular Hbond substituents is 3. The van der Waals surface area contributed by atoms with Crippen molar-refractivity contribution in [1.29, 1.82) is 0 Å². The summed E-state index contributed by atoms with van der Waals surface area (Å²) in [5.74, 6) is -0.916. The minimum Gasteiger partial charge on any atom is -0.505 e. The second kappa shape index (κ2) is 2.48. The van der Waals surface area contributed by atoms with Gasteiger partial charge in [0.25, 0.3) is 0 Å². The fraction of sp³-hybridized carbons (Fsp3) is 0.250. The Kier molecular flexibility index (Phi) is 1.76. The maximum absolute atomic E-state index is 9.30. The summed E-state index contributed by atoms with van der Waals surface area (Å²) >= 11 is 0. The molecule has 0 spiro atoms. The molecule has 0 aromatic heterocycles. The fourth-order valence-corrected chi connectivity index (χ4v) is 0.975. The highest BCUT2D eigenvalue weighted by Gasteiger charge is 2.15. The second-order valence-electron chi connectivity index (χ2n) is 2.71. The molecule has 0 atom stereocenters. The summed E-state index contributed by atoms with van der Waals surface area (Å²) in [6, 6.07) is 0. The molecule has 0 amide bonds. The number of nitrogen functional groups attached to an aromatic ring is 1. The molecule has 1 rings (SSSR count). The van der Waals surface area contributed by atoms with Crippen LogP contribution in [0.15, 0.2) is 0 Å². The van der Waals surface area contributed by atoms with E-state index in [1.165, 1.54) is 0 Å². The topological polar surface area (TPSA) is 86.7 Å². The van der Waals surface area contributed by atoms with Gasteiger partial charge in [-0.25, -0.2) is 0 Å². The van der Waals surface area contributed by atoms with Gasteiger partial charge in [0.15, 0.2) is 11.5 Å². The van der Waals surface area contributed by atoms with Crippen LogP contribution in [0.2, 0.25) is 0 Å². The van der Waals surface area contributed by atoms with E-state index in [0.29, 0.717) is 11.1 Å². The predicted molar refractivity (Wildman–Crippen MR) is 45.3 cm³/mol. The van der Waals surface area contributed by atoms with Crippen LogP contribution in [-0.2, 0) is 0 Å². The van der Waals surface area contributed by atoms with Gasteiger partial charge in [-0.3, -0.25) is 0 Å². The molecule has 0 fully saturated rings. The molecule has 5 N–H and O–H groups in total. The van der Waals surface area contributed by atoms with Crippen LogP contribution >= 0.6 is 0 Å². The maximum atomic E-state index is 9.30. The zero-order valence-electron chi connectivity index (χ0n) is 6.92. The molecule has 1 aromatic carbocycles. The van der Waals surface area contributed by atoms with Gasteiger partial charge in [0, 0.05) is 5.56 Å². The lowest BCUT2D eigenvalue weighted by atomic mass is 10.1. The van der Waals surface area contributed by atoms with E-state index in [-0.39, 0.29) is 17.2 Å². The van der Waals surface area contributed by atoms with Gasteiger partial charge in [-0.15, -0.1) is 0 Å². The number of hydrogen-bond donors (Lipinski definition) is 4. The van der Waals surface area contributed by atoms with Crippen LogP contribution in [0.3, 0.4) is 0 Å². The normalized spacial score (nSPS) is 10.2. The highest BCUT2D eigenvalue weighted by Crippen LogP contribution is 2.43. The average molecular weight is 169 g/mol. The summed E-state index contributed by atoms with van der Waals surface area (Å²) < 4.78 is 0. The zero-order valence-corrected chi connectivity index (χ0v) is 6.92. The van der Waals surface area contributed by atoms with Gasteiger partial charge in [0.05, 0.1) is 0 Å². The molecule has 0 aliphatic heterocycles. The Morgan fingerprint density at radius 1 is 0.833 bits per heavy atom. The van der Waals surface area contributed by atoms with Crippen molar-refractivity contribution in [1.82, 2.24) is 0 Å². The molecule has 66 valence electrons. The number of rotatable bonds is 0. The van der Waals surface area contributed by atoms with Crippen LogP contribution in [0.1, 0.15) is 11.1 Å². The van der Waals surface area contributed by atoms with Crippen molar-refractivity contribution in [3.8, 4) is 17.2 Å². The van der Waals surface area contributed by atoms with Crippen LogP contribution in [0.5, 0.6) is 17.2 Å². The van der Waals surface area contributed by atoms with Gasteiger partial charge < -0.3 is 21.1 Å². The van der Waals surface area contributed by atoms with Crippen LogP contribution in [0.4, 0.5) is 5.69 Å². The largest absolute Gasteiger partial charge is 0.505 e. The first kappa shape index (κ1) is 8.52. The molecule has 0 aliphatic rings. The lowest BCUT2D eigenvalue weighted by molar-refractivity contribution is 0.395. The number of phenols is 3. The Morgan fingerprint density at radius 2 is 1.25 bits per heavy atom. The Morgan fingerprint density at radius 3 is 1.75 bits per heavy atom. The van der Waals surface area contributed by atoms with Crippen molar-refractivity contribution in [3.63, 3.8) is 0 Å².